The van der Waals surface area contributed by atoms with Crippen LogP contribution in [0.1, 0.15) is 32.1 Å². The molecule has 0 saturated heterocycles. The van der Waals surface area contributed by atoms with Crippen LogP contribution >= 0.6 is 24.0 Å². The molecular weight excluding hydrogens is 379 g/mol. The fourth-order valence-corrected chi connectivity index (χ4v) is 2.60. The van der Waals surface area contributed by atoms with Gasteiger partial charge < -0.3 is 20.3 Å². The number of rotatable bonds is 9. The third-order valence-corrected chi connectivity index (χ3v) is 4.18. The van der Waals surface area contributed by atoms with Gasteiger partial charge in [0.1, 0.15) is 0 Å². The van der Waals surface area contributed by atoms with Crippen molar-refractivity contribution < 1.29 is 4.74 Å². The molecule has 0 aromatic carbocycles. The highest BCUT2D eigenvalue weighted by Crippen LogP contribution is 2.43. The third kappa shape index (κ3) is 8.21. The lowest BCUT2D eigenvalue weighted by molar-refractivity contribution is 0.0732. The van der Waals surface area contributed by atoms with Crippen LogP contribution in [0.5, 0.6) is 0 Å². The summed E-state index contributed by atoms with van der Waals surface area (Å²) in [6.07, 6.45) is 6.23. The van der Waals surface area contributed by atoms with Crippen molar-refractivity contribution in [2.75, 3.05) is 54.5 Å². The Morgan fingerprint density at radius 2 is 2.00 bits per heavy atom. The number of nitrogens with one attached hydrogen (secondary N) is 2. The lowest BCUT2D eigenvalue weighted by atomic mass is 9.67. The summed E-state index contributed by atoms with van der Waals surface area (Å²) in [6.45, 7) is 3.92. The molecule has 0 atom stereocenters. The van der Waals surface area contributed by atoms with Crippen molar-refractivity contribution in [3.63, 3.8) is 0 Å². The van der Waals surface area contributed by atoms with E-state index in [-0.39, 0.29) is 24.0 Å². The normalized spacial score (nSPS) is 17.1. The fraction of sp³-hybridized carbons (Fsp3) is 0.933. The van der Waals surface area contributed by atoms with Gasteiger partial charge in [-0.15, -0.1) is 24.0 Å². The Hall–Kier alpha value is -0.0800. The predicted molar refractivity (Wildman–Crippen MR) is 101 cm³/mol. The molecule has 0 bridgehead atoms. The summed E-state index contributed by atoms with van der Waals surface area (Å²) in [5, 5.41) is 6.86. The van der Waals surface area contributed by atoms with Crippen LogP contribution in [0.15, 0.2) is 4.99 Å². The average molecular weight is 412 g/mol. The van der Waals surface area contributed by atoms with Crippen molar-refractivity contribution >= 4 is 29.9 Å². The van der Waals surface area contributed by atoms with E-state index in [1.54, 1.807) is 7.11 Å². The molecule has 5 nitrogen and oxygen atoms in total. The zero-order valence-electron chi connectivity index (χ0n) is 14.1. The molecule has 126 valence electrons. The number of hydrogen-bond donors (Lipinski definition) is 2. The molecule has 0 radical (unpaired) electrons. The van der Waals surface area contributed by atoms with Crippen LogP contribution in [-0.2, 0) is 4.74 Å². The van der Waals surface area contributed by atoms with Crippen molar-refractivity contribution in [2.24, 2.45) is 10.4 Å². The quantitative estimate of drug-likeness (QED) is 0.263. The van der Waals surface area contributed by atoms with Gasteiger partial charge in [-0.25, -0.2) is 0 Å². The Morgan fingerprint density at radius 1 is 1.29 bits per heavy atom. The topological polar surface area (TPSA) is 48.9 Å². The second-order valence-corrected chi connectivity index (χ2v) is 6.11. The summed E-state index contributed by atoms with van der Waals surface area (Å²) in [6, 6.07) is 0. The predicted octanol–water partition coefficient (Wildman–Crippen LogP) is 1.93. The molecule has 0 spiro atoms. The first-order valence-corrected chi connectivity index (χ1v) is 7.70. The van der Waals surface area contributed by atoms with Crippen molar-refractivity contribution in [3.8, 4) is 0 Å². The summed E-state index contributed by atoms with van der Waals surface area (Å²) in [4.78, 5) is 6.50. The summed E-state index contributed by atoms with van der Waals surface area (Å²) >= 11 is 0. The van der Waals surface area contributed by atoms with Crippen LogP contribution in [0.25, 0.3) is 0 Å². The molecule has 0 amide bonds. The molecule has 0 aromatic rings. The molecule has 1 aliphatic rings. The fourth-order valence-electron chi connectivity index (χ4n) is 2.60. The molecule has 0 unspecified atom stereocenters. The highest BCUT2D eigenvalue weighted by Gasteiger charge is 2.36. The van der Waals surface area contributed by atoms with Gasteiger partial charge in [0, 0.05) is 33.9 Å². The van der Waals surface area contributed by atoms with Crippen LogP contribution in [0.4, 0.5) is 0 Å². The minimum Gasteiger partial charge on any atom is -0.385 e. The summed E-state index contributed by atoms with van der Waals surface area (Å²) in [5.41, 5.74) is 0.428. The van der Waals surface area contributed by atoms with E-state index in [0.29, 0.717) is 5.41 Å². The van der Waals surface area contributed by atoms with Crippen LogP contribution in [-0.4, -0.2) is 65.4 Å². The van der Waals surface area contributed by atoms with Gasteiger partial charge in [-0.2, -0.15) is 0 Å². The number of hydrogen-bond acceptors (Lipinski definition) is 3. The van der Waals surface area contributed by atoms with Gasteiger partial charge in [0.05, 0.1) is 0 Å². The second-order valence-electron chi connectivity index (χ2n) is 6.11. The first kappa shape index (κ1) is 20.9. The van der Waals surface area contributed by atoms with E-state index in [2.05, 4.69) is 34.6 Å². The van der Waals surface area contributed by atoms with Crippen molar-refractivity contribution in [2.45, 2.75) is 32.1 Å². The van der Waals surface area contributed by atoms with Crippen LogP contribution in [0.3, 0.4) is 0 Å². The molecule has 2 N–H and O–H groups in total. The number of nitrogens with zero attached hydrogens (tertiary/aromatic N) is 2. The van der Waals surface area contributed by atoms with E-state index < -0.39 is 0 Å². The average Bonchev–Trinajstić information content (AvgIpc) is 2.39. The van der Waals surface area contributed by atoms with Crippen molar-refractivity contribution in [1.29, 1.82) is 0 Å². The molecule has 1 saturated carbocycles. The van der Waals surface area contributed by atoms with E-state index in [0.717, 1.165) is 45.0 Å². The van der Waals surface area contributed by atoms with Gasteiger partial charge in [0.15, 0.2) is 5.96 Å². The Morgan fingerprint density at radius 3 is 2.48 bits per heavy atom. The molecule has 0 heterocycles. The zero-order valence-corrected chi connectivity index (χ0v) is 16.4. The molecule has 21 heavy (non-hydrogen) atoms. The number of methoxy groups -OCH3 is 1. The number of aliphatic imine (C=N–C) groups is 1. The van der Waals surface area contributed by atoms with E-state index in [1.165, 1.54) is 19.3 Å². The highest BCUT2D eigenvalue weighted by molar-refractivity contribution is 14.0. The Bertz CT molecular complexity index is 293. The molecule has 1 aliphatic carbocycles. The molecule has 1 rings (SSSR count). The van der Waals surface area contributed by atoms with Gasteiger partial charge in [0.2, 0.25) is 0 Å². The van der Waals surface area contributed by atoms with Crippen LogP contribution in [0.2, 0.25) is 0 Å². The first-order chi connectivity index (χ1) is 9.62. The maximum absolute atomic E-state index is 5.23. The summed E-state index contributed by atoms with van der Waals surface area (Å²) in [7, 11) is 7.82. The van der Waals surface area contributed by atoms with E-state index in [9.17, 15) is 0 Å². The van der Waals surface area contributed by atoms with Crippen LogP contribution in [0, 0.1) is 5.41 Å². The SMILES string of the molecule is CN=C(NCCCN(C)C)NCC1(CCOC)CCC1.I. The smallest absolute Gasteiger partial charge is 0.190 e. The Kier molecular flexibility index (Phi) is 11.4. The largest absolute Gasteiger partial charge is 0.385 e. The standard InChI is InChI=1S/C15H32N4O.HI/c1-16-14(17-10-6-11-19(2)3)18-13-15(7-5-8-15)9-12-20-4;/h5-13H2,1-4H3,(H2,16,17,18);1H. The van der Waals surface area contributed by atoms with Gasteiger partial charge >= 0.3 is 0 Å². The van der Waals surface area contributed by atoms with E-state index in [4.69, 9.17) is 4.74 Å². The molecule has 0 aliphatic heterocycles. The minimum absolute atomic E-state index is 0. The molecule has 6 heteroatoms. The lowest BCUT2D eigenvalue weighted by Crippen LogP contribution is -2.47. The molecule has 0 aromatic heterocycles. The van der Waals surface area contributed by atoms with E-state index in [1.807, 2.05) is 7.05 Å². The number of halogens is 1. The minimum atomic E-state index is 0. The van der Waals surface area contributed by atoms with Gasteiger partial charge in [-0.1, -0.05) is 6.42 Å². The third-order valence-electron chi connectivity index (χ3n) is 4.18. The maximum Gasteiger partial charge on any atom is 0.190 e. The number of guanidine groups is 1. The van der Waals surface area contributed by atoms with Crippen molar-refractivity contribution in [3.05, 3.63) is 0 Å². The molecule has 1 fully saturated rings. The highest BCUT2D eigenvalue weighted by atomic mass is 127. The van der Waals surface area contributed by atoms with Crippen molar-refractivity contribution in [1.82, 2.24) is 15.5 Å². The zero-order chi connectivity index (χ0) is 14.8. The number of ether oxygens (including phenoxy) is 1. The maximum atomic E-state index is 5.23. The van der Waals surface area contributed by atoms with Gasteiger partial charge in [-0.3, -0.25) is 4.99 Å². The summed E-state index contributed by atoms with van der Waals surface area (Å²) in [5.74, 6) is 0.924. The summed E-state index contributed by atoms with van der Waals surface area (Å²) < 4.78 is 5.23. The van der Waals surface area contributed by atoms with Gasteiger partial charge in [0.25, 0.3) is 0 Å². The monoisotopic (exact) mass is 412 g/mol. The Balaban J connectivity index is 0.00000400. The second kappa shape index (κ2) is 11.5. The Labute approximate surface area is 147 Å². The van der Waals surface area contributed by atoms with E-state index >= 15 is 0 Å². The van der Waals surface area contributed by atoms with Gasteiger partial charge in [-0.05, 0) is 51.7 Å². The lowest BCUT2D eigenvalue weighted by Gasteiger charge is -2.42. The molecular formula is C15H33IN4O. The van der Waals surface area contributed by atoms with Crippen LogP contribution < -0.4 is 10.6 Å². The first-order valence-electron chi connectivity index (χ1n) is 7.70.